The van der Waals surface area contributed by atoms with E-state index in [0.29, 0.717) is 17.7 Å². The summed E-state index contributed by atoms with van der Waals surface area (Å²) in [6.07, 6.45) is 1.64. The number of carbonyl (C=O) groups is 1. The van der Waals surface area contributed by atoms with E-state index < -0.39 is 0 Å². The Hall–Kier alpha value is -2.08. The Labute approximate surface area is 127 Å². The smallest absolute Gasteiger partial charge is 0.277 e. The van der Waals surface area contributed by atoms with Gasteiger partial charge in [0.05, 0.1) is 5.25 Å². The molecular formula is C15H17N3O2S. The molecule has 110 valence electrons. The van der Waals surface area contributed by atoms with Gasteiger partial charge in [-0.15, -0.1) is 16.8 Å². The summed E-state index contributed by atoms with van der Waals surface area (Å²) in [4.78, 5) is 11.8. The summed E-state index contributed by atoms with van der Waals surface area (Å²) in [5, 5.41) is 10.8. The second-order valence-corrected chi connectivity index (χ2v) is 5.83. The highest BCUT2D eigenvalue weighted by Crippen LogP contribution is 2.26. The first-order valence-electron chi connectivity index (χ1n) is 6.56. The number of thioether (sulfide) groups is 1. The SMILES string of the molecule is C=CCNC(=O)[C@H](C)Sc1nnc(-c2ccc(C)cc2)o1. The van der Waals surface area contributed by atoms with Crippen molar-refractivity contribution in [3.8, 4) is 11.5 Å². The Morgan fingerprint density at radius 1 is 1.43 bits per heavy atom. The molecular weight excluding hydrogens is 286 g/mol. The van der Waals surface area contributed by atoms with Gasteiger partial charge in [-0.25, -0.2) is 0 Å². The third-order valence-electron chi connectivity index (χ3n) is 2.77. The summed E-state index contributed by atoms with van der Waals surface area (Å²) in [7, 11) is 0. The Morgan fingerprint density at radius 3 is 2.81 bits per heavy atom. The quantitative estimate of drug-likeness (QED) is 0.656. The number of aromatic nitrogens is 2. The number of hydrogen-bond donors (Lipinski definition) is 1. The van der Waals surface area contributed by atoms with Crippen LogP contribution < -0.4 is 5.32 Å². The molecule has 0 aliphatic rings. The van der Waals surface area contributed by atoms with Crippen molar-refractivity contribution in [3.05, 3.63) is 42.5 Å². The van der Waals surface area contributed by atoms with E-state index in [1.165, 1.54) is 17.3 Å². The molecule has 2 aromatic rings. The van der Waals surface area contributed by atoms with E-state index in [4.69, 9.17) is 4.42 Å². The Kier molecular flexibility index (Phi) is 5.16. The first kappa shape index (κ1) is 15.3. The van der Waals surface area contributed by atoms with E-state index in [-0.39, 0.29) is 11.2 Å². The number of aryl methyl sites for hydroxylation is 1. The minimum absolute atomic E-state index is 0.0880. The standard InChI is InChI=1S/C15H17N3O2S/c1-4-9-16-13(19)11(3)21-15-18-17-14(20-15)12-7-5-10(2)6-8-12/h4-8,11H,1,9H2,2-3H3,(H,16,19)/t11-/m0/s1. The highest BCUT2D eigenvalue weighted by Gasteiger charge is 2.18. The molecule has 1 aromatic heterocycles. The van der Waals surface area contributed by atoms with Crippen molar-refractivity contribution in [2.45, 2.75) is 24.3 Å². The molecule has 1 aromatic carbocycles. The molecule has 0 saturated heterocycles. The zero-order chi connectivity index (χ0) is 15.2. The lowest BCUT2D eigenvalue weighted by atomic mass is 10.1. The summed E-state index contributed by atoms with van der Waals surface area (Å²) >= 11 is 1.23. The zero-order valence-corrected chi connectivity index (χ0v) is 12.8. The van der Waals surface area contributed by atoms with Gasteiger partial charge in [0.2, 0.25) is 11.8 Å². The zero-order valence-electron chi connectivity index (χ0n) is 12.0. The number of rotatable bonds is 6. The van der Waals surface area contributed by atoms with E-state index in [0.717, 1.165) is 5.56 Å². The van der Waals surface area contributed by atoms with Crippen molar-refractivity contribution >= 4 is 17.7 Å². The molecule has 0 bridgehead atoms. The van der Waals surface area contributed by atoms with Gasteiger partial charge in [0.15, 0.2) is 0 Å². The Morgan fingerprint density at radius 2 is 2.14 bits per heavy atom. The monoisotopic (exact) mass is 303 g/mol. The Balaban J connectivity index is 2.01. The van der Waals surface area contributed by atoms with Gasteiger partial charge in [0, 0.05) is 12.1 Å². The summed E-state index contributed by atoms with van der Waals surface area (Å²) in [5.41, 5.74) is 2.03. The summed E-state index contributed by atoms with van der Waals surface area (Å²) in [6, 6.07) is 7.82. The van der Waals surface area contributed by atoms with Gasteiger partial charge in [0.25, 0.3) is 5.22 Å². The van der Waals surface area contributed by atoms with Crippen LogP contribution in [-0.4, -0.2) is 27.9 Å². The average Bonchev–Trinajstić information content (AvgIpc) is 2.93. The second-order valence-electron chi connectivity index (χ2n) is 4.53. The van der Waals surface area contributed by atoms with Crippen molar-refractivity contribution in [2.75, 3.05) is 6.54 Å². The third-order valence-corrected chi connectivity index (χ3v) is 3.71. The van der Waals surface area contributed by atoms with Gasteiger partial charge in [-0.2, -0.15) is 0 Å². The van der Waals surface area contributed by atoms with E-state index in [1.54, 1.807) is 13.0 Å². The van der Waals surface area contributed by atoms with Gasteiger partial charge in [-0.05, 0) is 26.0 Å². The number of nitrogens with zero attached hydrogens (tertiary/aromatic N) is 2. The van der Waals surface area contributed by atoms with Gasteiger partial charge < -0.3 is 9.73 Å². The lowest BCUT2D eigenvalue weighted by molar-refractivity contribution is -0.120. The minimum Gasteiger partial charge on any atom is -0.411 e. The topological polar surface area (TPSA) is 68.0 Å². The molecule has 0 spiro atoms. The maximum absolute atomic E-state index is 11.8. The molecule has 2 rings (SSSR count). The van der Waals surface area contributed by atoms with Crippen LogP contribution in [0, 0.1) is 6.92 Å². The molecule has 0 fully saturated rings. The fraction of sp³-hybridized carbons (Fsp3) is 0.267. The second kappa shape index (κ2) is 7.08. The normalized spacial score (nSPS) is 11.9. The largest absolute Gasteiger partial charge is 0.411 e. The summed E-state index contributed by atoms with van der Waals surface area (Å²) in [6.45, 7) is 7.81. The Bertz CT molecular complexity index is 622. The lowest BCUT2D eigenvalue weighted by Crippen LogP contribution is -2.30. The molecule has 0 saturated carbocycles. The maximum Gasteiger partial charge on any atom is 0.277 e. The van der Waals surface area contributed by atoms with Crippen LogP contribution >= 0.6 is 11.8 Å². The van der Waals surface area contributed by atoms with E-state index in [1.807, 2.05) is 31.2 Å². The number of benzene rings is 1. The lowest BCUT2D eigenvalue weighted by Gasteiger charge is -2.07. The van der Waals surface area contributed by atoms with Crippen LogP contribution in [-0.2, 0) is 4.79 Å². The van der Waals surface area contributed by atoms with Crippen molar-refractivity contribution in [2.24, 2.45) is 0 Å². The third kappa shape index (κ3) is 4.19. The molecule has 1 heterocycles. The fourth-order valence-corrected chi connectivity index (χ4v) is 2.30. The van der Waals surface area contributed by atoms with Crippen molar-refractivity contribution in [1.29, 1.82) is 0 Å². The molecule has 1 atom stereocenters. The molecule has 1 N–H and O–H groups in total. The van der Waals surface area contributed by atoms with E-state index in [2.05, 4.69) is 22.1 Å². The molecule has 0 aliphatic carbocycles. The van der Waals surface area contributed by atoms with Crippen LogP contribution in [0.15, 0.2) is 46.6 Å². The van der Waals surface area contributed by atoms with Crippen LogP contribution in [0.4, 0.5) is 0 Å². The first-order valence-corrected chi connectivity index (χ1v) is 7.44. The van der Waals surface area contributed by atoms with Crippen LogP contribution in [0.1, 0.15) is 12.5 Å². The molecule has 0 radical (unpaired) electrons. The maximum atomic E-state index is 11.8. The summed E-state index contributed by atoms with van der Waals surface area (Å²) in [5.74, 6) is 0.367. The van der Waals surface area contributed by atoms with E-state index >= 15 is 0 Å². The highest BCUT2D eigenvalue weighted by molar-refractivity contribution is 8.00. The van der Waals surface area contributed by atoms with E-state index in [9.17, 15) is 4.79 Å². The molecule has 0 aliphatic heterocycles. The number of hydrogen-bond acceptors (Lipinski definition) is 5. The van der Waals surface area contributed by atoms with Gasteiger partial charge >= 0.3 is 0 Å². The molecule has 21 heavy (non-hydrogen) atoms. The molecule has 5 nitrogen and oxygen atoms in total. The van der Waals surface area contributed by atoms with Crippen LogP contribution in [0.3, 0.4) is 0 Å². The highest BCUT2D eigenvalue weighted by atomic mass is 32.2. The van der Waals surface area contributed by atoms with Gasteiger partial charge in [-0.1, -0.05) is 35.5 Å². The predicted molar refractivity (Wildman–Crippen MR) is 83.0 cm³/mol. The van der Waals surface area contributed by atoms with Crippen molar-refractivity contribution in [1.82, 2.24) is 15.5 Å². The van der Waals surface area contributed by atoms with Crippen LogP contribution in [0.2, 0.25) is 0 Å². The summed E-state index contributed by atoms with van der Waals surface area (Å²) < 4.78 is 5.58. The van der Waals surface area contributed by atoms with Crippen LogP contribution in [0.5, 0.6) is 0 Å². The number of nitrogens with one attached hydrogen (secondary N) is 1. The predicted octanol–water partition coefficient (Wildman–Crippen LogP) is 2.83. The van der Waals surface area contributed by atoms with Gasteiger partial charge in [0.1, 0.15) is 0 Å². The molecule has 6 heteroatoms. The van der Waals surface area contributed by atoms with Gasteiger partial charge in [-0.3, -0.25) is 4.79 Å². The number of carbonyl (C=O) groups excluding carboxylic acids is 1. The van der Waals surface area contributed by atoms with Crippen molar-refractivity contribution < 1.29 is 9.21 Å². The van der Waals surface area contributed by atoms with Crippen molar-refractivity contribution in [3.63, 3.8) is 0 Å². The fourth-order valence-electron chi connectivity index (χ4n) is 1.59. The first-order chi connectivity index (χ1) is 10.1. The average molecular weight is 303 g/mol. The minimum atomic E-state index is -0.309. The van der Waals surface area contributed by atoms with Crippen LogP contribution in [0.25, 0.3) is 11.5 Å². The molecule has 0 unspecified atom stereocenters. The number of amides is 1. The molecule has 1 amide bonds.